The number of rotatable bonds is 2. The van der Waals surface area contributed by atoms with E-state index in [1.165, 1.54) is 6.20 Å². The molecule has 2 N–H and O–H groups in total. The van der Waals surface area contributed by atoms with Crippen molar-refractivity contribution in [1.29, 1.82) is 5.26 Å². The van der Waals surface area contributed by atoms with E-state index in [1.807, 2.05) is 11.0 Å². The molecule has 0 bridgehead atoms. The first-order valence-corrected chi connectivity index (χ1v) is 6.28. The second-order valence-corrected chi connectivity index (χ2v) is 4.78. The van der Waals surface area contributed by atoms with Crippen LogP contribution in [0.15, 0.2) is 12.3 Å². The lowest BCUT2D eigenvalue weighted by Crippen LogP contribution is -2.47. The number of amides is 1. The Morgan fingerprint density at radius 1 is 1.68 bits per heavy atom. The summed E-state index contributed by atoms with van der Waals surface area (Å²) in [6.45, 7) is 1.36. The molecule has 0 radical (unpaired) electrons. The molecule has 7 heteroatoms. The molecule has 1 amide bonds. The van der Waals surface area contributed by atoms with E-state index in [0.717, 1.165) is 19.4 Å². The predicted octanol–water partition coefficient (Wildman–Crippen LogP) is 1.84. The normalized spacial score (nSPS) is 18.7. The second kappa shape index (κ2) is 5.76. The van der Waals surface area contributed by atoms with Crippen LogP contribution in [-0.2, 0) is 0 Å². The number of hydrogen-bond acceptors (Lipinski definition) is 4. The Balaban J connectivity index is 2.11. The molecule has 2 heterocycles. The third-order valence-corrected chi connectivity index (χ3v) is 3.35. The van der Waals surface area contributed by atoms with Crippen LogP contribution in [0.4, 0.5) is 10.6 Å². The Labute approximate surface area is 115 Å². The zero-order valence-corrected chi connectivity index (χ0v) is 10.9. The Bertz CT molecular complexity index is 529. The smallest absolute Gasteiger partial charge is 0.404 e. The van der Waals surface area contributed by atoms with Crippen LogP contribution in [0.1, 0.15) is 18.4 Å². The Morgan fingerprint density at radius 3 is 3.11 bits per heavy atom. The van der Waals surface area contributed by atoms with Crippen LogP contribution in [0.2, 0.25) is 5.02 Å². The van der Waals surface area contributed by atoms with Crippen molar-refractivity contribution in [3.63, 3.8) is 0 Å². The standard InChI is InChI=1S/C12H13ClN4O2/c13-10-4-11(15-6-8(10)5-14)17-3-1-2-9(7-17)16-12(18)19/h4,6,9,16H,1-3,7H2,(H,18,19)/t9-/m1/s1. The van der Waals surface area contributed by atoms with E-state index in [2.05, 4.69) is 10.3 Å². The van der Waals surface area contributed by atoms with Gasteiger partial charge in [-0.15, -0.1) is 0 Å². The fourth-order valence-corrected chi connectivity index (χ4v) is 2.34. The van der Waals surface area contributed by atoms with Gasteiger partial charge in [-0.1, -0.05) is 11.6 Å². The van der Waals surface area contributed by atoms with Crippen molar-refractivity contribution in [2.24, 2.45) is 0 Å². The highest BCUT2D eigenvalue weighted by Crippen LogP contribution is 2.23. The van der Waals surface area contributed by atoms with Crippen LogP contribution in [0.5, 0.6) is 0 Å². The highest BCUT2D eigenvalue weighted by atomic mass is 35.5. The quantitative estimate of drug-likeness (QED) is 0.863. The molecule has 0 unspecified atom stereocenters. The lowest BCUT2D eigenvalue weighted by molar-refractivity contribution is 0.188. The summed E-state index contributed by atoms with van der Waals surface area (Å²) in [5.41, 5.74) is 0.336. The fraction of sp³-hybridized carbons (Fsp3) is 0.417. The lowest BCUT2D eigenvalue weighted by Gasteiger charge is -2.33. The van der Waals surface area contributed by atoms with Gasteiger partial charge in [-0.05, 0) is 12.8 Å². The fourth-order valence-electron chi connectivity index (χ4n) is 2.15. The summed E-state index contributed by atoms with van der Waals surface area (Å²) in [7, 11) is 0. The number of carbonyl (C=O) groups is 1. The van der Waals surface area contributed by atoms with E-state index >= 15 is 0 Å². The van der Waals surface area contributed by atoms with E-state index in [-0.39, 0.29) is 6.04 Å². The summed E-state index contributed by atoms with van der Waals surface area (Å²) in [5.74, 6) is 0.667. The number of anilines is 1. The number of pyridine rings is 1. The molecule has 1 saturated heterocycles. The highest BCUT2D eigenvalue weighted by molar-refractivity contribution is 6.31. The molecule has 2 rings (SSSR count). The van der Waals surface area contributed by atoms with Crippen molar-refractivity contribution in [2.75, 3.05) is 18.0 Å². The van der Waals surface area contributed by atoms with Crippen LogP contribution in [0.25, 0.3) is 0 Å². The van der Waals surface area contributed by atoms with Gasteiger partial charge in [-0.3, -0.25) is 0 Å². The number of nitriles is 1. The van der Waals surface area contributed by atoms with Crippen molar-refractivity contribution >= 4 is 23.5 Å². The average Bonchev–Trinajstić information content (AvgIpc) is 2.38. The van der Waals surface area contributed by atoms with Gasteiger partial charge in [0.15, 0.2) is 0 Å². The minimum atomic E-state index is -1.02. The van der Waals surface area contributed by atoms with E-state index in [4.69, 9.17) is 22.0 Å². The van der Waals surface area contributed by atoms with Crippen molar-refractivity contribution in [3.8, 4) is 6.07 Å². The molecule has 0 aromatic carbocycles. The van der Waals surface area contributed by atoms with Crippen LogP contribution in [0.3, 0.4) is 0 Å². The van der Waals surface area contributed by atoms with E-state index in [1.54, 1.807) is 6.07 Å². The molecule has 1 aliphatic heterocycles. The summed E-state index contributed by atoms with van der Waals surface area (Å²) in [4.78, 5) is 16.8. The Morgan fingerprint density at radius 2 is 2.47 bits per heavy atom. The number of halogens is 1. The number of aromatic nitrogens is 1. The summed E-state index contributed by atoms with van der Waals surface area (Å²) in [6, 6.07) is 3.49. The van der Waals surface area contributed by atoms with Gasteiger partial charge in [0.2, 0.25) is 0 Å². The van der Waals surface area contributed by atoms with Crippen molar-refractivity contribution < 1.29 is 9.90 Å². The predicted molar refractivity (Wildman–Crippen MR) is 70.4 cm³/mol. The van der Waals surface area contributed by atoms with Gasteiger partial charge in [0, 0.05) is 31.4 Å². The minimum absolute atomic E-state index is 0.109. The van der Waals surface area contributed by atoms with Gasteiger partial charge in [-0.25, -0.2) is 9.78 Å². The average molecular weight is 281 g/mol. The first-order chi connectivity index (χ1) is 9.10. The Hall–Kier alpha value is -2.00. The molecule has 1 aliphatic rings. The molecule has 6 nitrogen and oxygen atoms in total. The monoisotopic (exact) mass is 280 g/mol. The third-order valence-electron chi connectivity index (χ3n) is 3.03. The molecule has 19 heavy (non-hydrogen) atoms. The first-order valence-electron chi connectivity index (χ1n) is 5.90. The maximum atomic E-state index is 10.6. The summed E-state index contributed by atoms with van der Waals surface area (Å²) < 4.78 is 0. The van der Waals surface area contributed by atoms with E-state index < -0.39 is 6.09 Å². The van der Waals surface area contributed by atoms with Gasteiger partial charge in [0.1, 0.15) is 11.9 Å². The number of piperidine rings is 1. The Kier molecular flexibility index (Phi) is 4.07. The minimum Gasteiger partial charge on any atom is -0.465 e. The molecule has 0 aliphatic carbocycles. The highest BCUT2D eigenvalue weighted by Gasteiger charge is 2.22. The number of nitrogens with zero attached hydrogens (tertiary/aromatic N) is 3. The first kappa shape index (κ1) is 13.4. The maximum Gasteiger partial charge on any atom is 0.404 e. The van der Waals surface area contributed by atoms with Crippen molar-refractivity contribution in [3.05, 3.63) is 22.8 Å². The molecular weight excluding hydrogens is 268 g/mol. The molecular formula is C12H13ClN4O2. The molecule has 0 spiro atoms. The summed E-state index contributed by atoms with van der Waals surface area (Å²) in [6.07, 6.45) is 2.11. The van der Waals surface area contributed by atoms with E-state index in [0.29, 0.717) is 22.9 Å². The van der Waals surface area contributed by atoms with Gasteiger partial charge < -0.3 is 15.3 Å². The second-order valence-electron chi connectivity index (χ2n) is 4.37. The van der Waals surface area contributed by atoms with Gasteiger partial charge in [0.05, 0.1) is 10.6 Å². The zero-order valence-electron chi connectivity index (χ0n) is 10.1. The van der Waals surface area contributed by atoms with Crippen molar-refractivity contribution in [2.45, 2.75) is 18.9 Å². The molecule has 1 aromatic rings. The maximum absolute atomic E-state index is 10.6. The molecule has 1 aromatic heterocycles. The van der Waals surface area contributed by atoms with E-state index in [9.17, 15) is 4.79 Å². The topological polar surface area (TPSA) is 89.3 Å². The third kappa shape index (κ3) is 3.26. The lowest BCUT2D eigenvalue weighted by atomic mass is 10.1. The SMILES string of the molecule is N#Cc1cnc(N2CCC[C@@H](NC(=O)O)C2)cc1Cl. The molecule has 100 valence electrons. The zero-order chi connectivity index (χ0) is 13.8. The number of carboxylic acid groups (broad SMARTS) is 1. The number of nitrogens with one attached hydrogen (secondary N) is 1. The van der Waals surface area contributed by atoms with Gasteiger partial charge >= 0.3 is 6.09 Å². The summed E-state index contributed by atoms with van der Waals surface area (Å²) in [5, 5.41) is 20.4. The number of hydrogen-bond donors (Lipinski definition) is 2. The van der Waals surface area contributed by atoms with Crippen LogP contribution < -0.4 is 10.2 Å². The summed E-state index contributed by atoms with van der Waals surface area (Å²) >= 11 is 5.97. The largest absolute Gasteiger partial charge is 0.465 e. The van der Waals surface area contributed by atoms with Crippen LogP contribution in [-0.4, -0.2) is 35.3 Å². The van der Waals surface area contributed by atoms with Gasteiger partial charge in [0.25, 0.3) is 0 Å². The molecule has 0 saturated carbocycles. The van der Waals surface area contributed by atoms with Gasteiger partial charge in [-0.2, -0.15) is 5.26 Å². The van der Waals surface area contributed by atoms with Crippen molar-refractivity contribution in [1.82, 2.24) is 10.3 Å². The van der Waals surface area contributed by atoms with Crippen LogP contribution >= 0.6 is 11.6 Å². The molecule has 1 atom stereocenters. The van der Waals surface area contributed by atoms with Crippen LogP contribution in [0, 0.1) is 11.3 Å². The molecule has 1 fully saturated rings.